The van der Waals surface area contributed by atoms with Gasteiger partial charge in [0.05, 0.1) is 6.54 Å². The summed E-state index contributed by atoms with van der Waals surface area (Å²) in [6.07, 6.45) is 3.53. The van der Waals surface area contributed by atoms with Gasteiger partial charge in [0.2, 0.25) is 11.8 Å². The molecule has 0 atom stereocenters. The Bertz CT molecular complexity index is 648. The van der Waals surface area contributed by atoms with E-state index in [1.807, 2.05) is 6.07 Å². The number of aromatic nitrogens is 4. The highest BCUT2D eigenvalue weighted by molar-refractivity contribution is 5.80. The lowest BCUT2D eigenvalue weighted by Crippen LogP contribution is -2.52. The highest BCUT2D eigenvalue weighted by Crippen LogP contribution is 2.09. The maximum absolute atomic E-state index is 4.96. The first-order valence-corrected chi connectivity index (χ1v) is 7.53. The molecule has 3 heterocycles. The zero-order chi connectivity index (χ0) is 16.1. The van der Waals surface area contributed by atoms with Crippen molar-refractivity contribution in [3.8, 4) is 0 Å². The van der Waals surface area contributed by atoms with E-state index in [0.717, 1.165) is 38.1 Å². The zero-order valence-corrected chi connectivity index (χ0v) is 13.3. The Hall–Kier alpha value is -2.71. The van der Waals surface area contributed by atoms with Crippen LogP contribution in [0.1, 0.15) is 11.7 Å². The monoisotopic (exact) mass is 316 g/mol. The van der Waals surface area contributed by atoms with Crippen LogP contribution < -0.4 is 10.2 Å². The average Bonchev–Trinajstić information content (AvgIpc) is 3.02. The fourth-order valence-electron chi connectivity index (χ4n) is 2.48. The fraction of sp³-hybridized carbons (Fsp3) is 0.500. The first-order chi connectivity index (χ1) is 11.3. The van der Waals surface area contributed by atoms with Gasteiger partial charge in [-0.3, -0.25) is 4.99 Å². The van der Waals surface area contributed by atoms with Gasteiger partial charge in [0.1, 0.15) is 0 Å². The molecule has 1 aliphatic heterocycles. The molecule has 1 aliphatic rings. The van der Waals surface area contributed by atoms with Crippen molar-refractivity contribution in [2.45, 2.75) is 13.5 Å². The van der Waals surface area contributed by atoms with Crippen LogP contribution in [-0.4, -0.2) is 64.2 Å². The Labute approximate surface area is 134 Å². The molecule has 0 unspecified atom stereocenters. The van der Waals surface area contributed by atoms with E-state index in [1.165, 1.54) is 0 Å². The van der Waals surface area contributed by atoms with Gasteiger partial charge in [-0.25, -0.2) is 9.97 Å². The number of piperazine rings is 1. The largest absolute Gasteiger partial charge is 0.349 e. The first-order valence-electron chi connectivity index (χ1n) is 7.53. The molecule has 0 bridgehead atoms. The minimum absolute atomic E-state index is 0.492. The summed E-state index contributed by atoms with van der Waals surface area (Å²) >= 11 is 0. The average molecular weight is 316 g/mol. The maximum Gasteiger partial charge on any atom is 0.225 e. The molecule has 1 N–H and O–H groups in total. The first kappa shape index (κ1) is 15.2. The molecule has 0 radical (unpaired) electrons. The number of hydrogen-bond donors (Lipinski definition) is 1. The van der Waals surface area contributed by atoms with Gasteiger partial charge in [-0.1, -0.05) is 5.16 Å². The third-order valence-electron chi connectivity index (χ3n) is 3.60. The molecule has 1 saturated heterocycles. The number of guanidine groups is 1. The highest BCUT2D eigenvalue weighted by Gasteiger charge is 2.21. The number of nitrogens with one attached hydrogen (secondary N) is 1. The van der Waals surface area contributed by atoms with Crippen LogP contribution >= 0.6 is 0 Å². The second-order valence-electron chi connectivity index (χ2n) is 5.15. The van der Waals surface area contributed by atoms with Gasteiger partial charge in [-0.2, -0.15) is 4.98 Å². The smallest absolute Gasteiger partial charge is 0.225 e. The molecule has 122 valence electrons. The molecule has 3 rings (SSSR count). The summed E-state index contributed by atoms with van der Waals surface area (Å²) in [5.41, 5.74) is 0. The van der Waals surface area contributed by atoms with Crippen molar-refractivity contribution in [1.29, 1.82) is 0 Å². The summed E-state index contributed by atoms with van der Waals surface area (Å²) in [6, 6.07) is 1.82. The summed E-state index contributed by atoms with van der Waals surface area (Å²) in [4.78, 5) is 21.5. The van der Waals surface area contributed by atoms with Gasteiger partial charge in [0.25, 0.3) is 0 Å². The Morgan fingerprint density at radius 1 is 1.26 bits per heavy atom. The van der Waals surface area contributed by atoms with Gasteiger partial charge >= 0.3 is 0 Å². The van der Waals surface area contributed by atoms with Crippen molar-refractivity contribution < 1.29 is 4.52 Å². The minimum atomic E-state index is 0.492. The molecule has 2 aromatic heterocycles. The van der Waals surface area contributed by atoms with Crippen LogP contribution in [0.5, 0.6) is 0 Å². The molecular formula is C14H20N8O. The molecule has 2 aromatic rings. The molecule has 0 saturated carbocycles. The predicted octanol–water partition coefficient (Wildman–Crippen LogP) is 0.0656. The Kier molecular flexibility index (Phi) is 4.65. The molecule has 1 fully saturated rings. The lowest BCUT2D eigenvalue weighted by Gasteiger charge is -2.36. The van der Waals surface area contributed by atoms with Crippen LogP contribution in [-0.2, 0) is 6.54 Å². The van der Waals surface area contributed by atoms with Gasteiger partial charge in [-0.15, -0.1) is 0 Å². The summed E-state index contributed by atoms with van der Waals surface area (Å²) in [5, 5.41) is 7.14. The number of hydrogen-bond acceptors (Lipinski definition) is 7. The highest BCUT2D eigenvalue weighted by atomic mass is 16.5. The Morgan fingerprint density at radius 3 is 2.61 bits per heavy atom. The van der Waals surface area contributed by atoms with Crippen LogP contribution in [0.25, 0.3) is 0 Å². The van der Waals surface area contributed by atoms with Crippen LogP contribution in [0.2, 0.25) is 0 Å². The summed E-state index contributed by atoms with van der Waals surface area (Å²) in [7, 11) is 1.77. The molecule has 9 nitrogen and oxygen atoms in total. The Balaban J connectivity index is 1.53. The maximum atomic E-state index is 4.96. The van der Waals surface area contributed by atoms with E-state index in [2.05, 4.69) is 40.2 Å². The number of anilines is 1. The number of rotatable bonds is 3. The van der Waals surface area contributed by atoms with Crippen molar-refractivity contribution in [2.75, 3.05) is 38.1 Å². The normalized spacial score (nSPS) is 15.8. The minimum Gasteiger partial charge on any atom is -0.349 e. The van der Waals surface area contributed by atoms with Crippen LogP contribution in [0.4, 0.5) is 5.95 Å². The van der Waals surface area contributed by atoms with E-state index in [1.54, 1.807) is 26.4 Å². The molecule has 0 aliphatic carbocycles. The van der Waals surface area contributed by atoms with Crippen molar-refractivity contribution in [3.05, 3.63) is 30.2 Å². The number of nitrogens with zero attached hydrogens (tertiary/aromatic N) is 7. The standard InChI is InChI=1S/C14H20N8O/c1-11-19-12(20-23-11)10-18-13(15-2)21-6-8-22(9-7-21)14-16-4-3-5-17-14/h3-5H,6-10H2,1-2H3,(H,15,18). The molecule has 23 heavy (non-hydrogen) atoms. The van der Waals surface area contributed by atoms with Crippen molar-refractivity contribution >= 4 is 11.9 Å². The van der Waals surface area contributed by atoms with E-state index >= 15 is 0 Å². The molecule has 0 aromatic carbocycles. The third-order valence-corrected chi connectivity index (χ3v) is 3.60. The summed E-state index contributed by atoms with van der Waals surface area (Å²) in [6.45, 7) is 5.67. The van der Waals surface area contributed by atoms with Crippen LogP contribution in [0.3, 0.4) is 0 Å². The van der Waals surface area contributed by atoms with Gasteiger partial charge in [0.15, 0.2) is 11.8 Å². The number of aryl methyl sites for hydroxylation is 1. The third kappa shape index (κ3) is 3.74. The predicted molar refractivity (Wildman–Crippen MR) is 85.1 cm³/mol. The fourth-order valence-corrected chi connectivity index (χ4v) is 2.48. The van der Waals surface area contributed by atoms with Gasteiger partial charge < -0.3 is 19.6 Å². The molecular weight excluding hydrogens is 296 g/mol. The molecule has 0 amide bonds. The zero-order valence-electron chi connectivity index (χ0n) is 13.3. The van der Waals surface area contributed by atoms with E-state index in [4.69, 9.17) is 4.52 Å². The quantitative estimate of drug-likeness (QED) is 0.627. The second-order valence-corrected chi connectivity index (χ2v) is 5.15. The van der Waals surface area contributed by atoms with Crippen molar-refractivity contribution in [1.82, 2.24) is 30.3 Å². The van der Waals surface area contributed by atoms with Gasteiger partial charge in [0, 0.05) is 52.5 Å². The lowest BCUT2D eigenvalue weighted by molar-refractivity contribution is 0.367. The second kappa shape index (κ2) is 7.03. The Morgan fingerprint density at radius 2 is 2.00 bits per heavy atom. The SMILES string of the molecule is CN=C(NCc1noc(C)n1)N1CCN(c2ncccn2)CC1. The van der Waals surface area contributed by atoms with E-state index in [9.17, 15) is 0 Å². The van der Waals surface area contributed by atoms with E-state index in [-0.39, 0.29) is 0 Å². The van der Waals surface area contributed by atoms with Crippen molar-refractivity contribution in [3.63, 3.8) is 0 Å². The molecule has 9 heteroatoms. The van der Waals surface area contributed by atoms with Crippen LogP contribution in [0.15, 0.2) is 28.0 Å². The van der Waals surface area contributed by atoms with Crippen LogP contribution in [0, 0.1) is 6.92 Å². The van der Waals surface area contributed by atoms with E-state index < -0.39 is 0 Å². The summed E-state index contributed by atoms with van der Waals surface area (Å²) < 4.78 is 4.96. The van der Waals surface area contributed by atoms with Crippen molar-refractivity contribution in [2.24, 2.45) is 4.99 Å². The van der Waals surface area contributed by atoms with Gasteiger partial charge in [-0.05, 0) is 6.07 Å². The van der Waals surface area contributed by atoms with E-state index in [0.29, 0.717) is 18.3 Å². The lowest BCUT2D eigenvalue weighted by atomic mass is 10.3. The molecule has 0 spiro atoms. The topological polar surface area (TPSA) is 95.6 Å². The number of aliphatic imine (C=N–C) groups is 1. The summed E-state index contributed by atoms with van der Waals surface area (Å²) in [5.74, 6) is 2.80.